The molecule has 7 rings (SSSR count). The first kappa shape index (κ1) is 19.5. The quantitative estimate of drug-likeness (QED) is 0.627. The first-order chi connectivity index (χ1) is 15.3. The molecule has 0 N–H and O–H groups in total. The van der Waals surface area contributed by atoms with Crippen LogP contribution < -0.4 is 5.69 Å². The van der Waals surface area contributed by atoms with E-state index >= 15 is 0 Å². The lowest BCUT2D eigenvalue weighted by molar-refractivity contribution is 0.0599. The fourth-order valence-electron chi connectivity index (χ4n) is 5.27. The molecule has 32 heavy (non-hydrogen) atoms. The van der Waals surface area contributed by atoms with E-state index in [1.165, 1.54) is 6.26 Å². The Morgan fingerprint density at radius 3 is 2.78 bits per heavy atom. The molecule has 4 atom stereocenters. The van der Waals surface area contributed by atoms with Gasteiger partial charge in [-0.15, -0.1) is 0 Å². The first-order valence-corrected chi connectivity index (χ1v) is 11.0. The average molecular weight is 437 g/mol. The standard InChI is InChI=1S/C23H24FN5O3/c1-23(24)10-14(23)12-29-19-6-5-17(25-20(19)27(2)22(29)31)16-9-15-4-3-13(16)11-28(15)21(30)18-7-8-32-26-18/h5-9,13-15H,3-4,10-12H2,1-2H3. The number of halogens is 1. The smallest absolute Gasteiger partial charge is 0.330 e. The molecule has 1 saturated carbocycles. The molecule has 2 bridgehead atoms. The Labute approximate surface area is 183 Å². The number of carbonyl (C=O) groups excluding carboxylic acids is 1. The van der Waals surface area contributed by atoms with E-state index < -0.39 is 5.67 Å². The Morgan fingerprint density at radius 2 is 2.12 bits per heavy atom. The fourth-order valence-corrected chi connectivity index (χ4v) is 5.27. The lowest BCUT2D eigenvalue weighted by Gasteiger charge is -2.44. The van der Waals surface area contributed by atoms with Crippen molar-refractivity contribution in [2.45, 2.75) is 44.4 Å². The van der Waals surface area contributed by atoms with Crippen LogP contribution in [0.1, 0.15) is 42.4 Å². The number of hydrogen-bond donors (Lipinski definition) is 0. The summed E-state index contributed by atoms with van der Waals surface area (Å²) in [5.74, 6) is -0.0688. The fraction of sp³-hybridized carbons (Fsp3) is 0.478. The van der Waals surface area contributed by atoms with Crippen LogP contribution in [-0.2, 0) is 13.6 Å². The van der Waals surface area contributed by atoms with Crippen LogP contribution in [0.3, 0.4) is 0 Å². The molecule has 9 heteroatoms. The molecule has 3 aromatic heterocycles. The summed E-state index contributed by atoms with van der Waals surface area (Å²) in [6, 6.07) is 5.43. The number of aryl methyl sites for hydroxylation is 1. The first-order valence-electron chi connectivity index (χ1n) is 11.0. The van der Waals surface area contributed by atoms with E-state index in [9.17, 15) is 14.0 Å². The molecule has 4 aliphatic rings. The van der Waals surface area contributed by atoms with Crippen molar-refractivity contribution in [2.24, 2.45) is 18.9 Å². The lowest BCUT2D eigenvalue weighted by Crippen LogP contribution is -2.49. The van der Waals surface area contributed by atoms with Crippen molar-refractivity contribution in [2.75, 3.05) is 6.54 Å². The van der Waals surface area contributed by atoms with Gasteiger partial charge in [-0.3, -0.25) is 13.9 Å². The van der Waals surface area contributed by atoms with Crippen molar-refractivity contribution < 1.29 is 13.7 Å². The molecule has 8 nitrogen and oxygen atoms in total. The number of imidazole rings is 1. The van der Waals surface area contributed by atoms with Gasteiger partial charge in [-0.1, -0.05) is 11.2 Å². The van der Waals surface area contributed by atoms with Crippen molar-refractivity contribution >= 4 is 22.6 Å². The minimum absolute atomic E-state index is 0.0118. The predicted molar refractivity (Wildman–Crippen MR) is 115 cm³/mol. The highest BCUT2D eigenvalue weighted by Gasteiger charge is 2.51. The molecule has 0 spiro atoms. The molecule has 0 radical (unpaired) electrons. The summed E-state index contributed by atoms with van der Waals surface area (Å²) in [6.07, 6.45) is 5.90. The Balaban J connectivity index is 1.33. The lowest BCUT2D eigenvalue weighted by atomic mass is 9.78. The predicted octanol–water partition coefficient (Wildman–Crippen LogP) is 2.79. The van der Waals surface area contributed by atoms with Crippen LogP contribution in [0, 0.1) is 11.8 Å². The highest BCUT2D eigenvalue weighted by atomic mass is 19.1. The Morgan fingerprint density at radius 1 is 1.31 bits per heavy atom. The summed E-state index contributed by atoms with van der Waals surface area (Å²) in [6.45, 7) is 2.57. The van der Waals surface area contributed by atoms with Crippen molar-refractivity contribution in [1.29, 1.82) is 0 Å². The average Bonchev–Trinajstić information content (AvgIpc) is 3.13. The van der Waals surface area contributed by atoms with Crippen LogP contribution in [0.25, 0.3) is 16.7 Å². The number of nitrogens with zero attached hydrogens (tertiary/aromatic N) is 5. The van der Waals surface area contributed by atoms with E-state index in [4.69, 9.17) is 9.51 Å². The number of amides is 1. The molecule has 0 aromatic carbocycles. The van der Waals surface area contributed by atoms with Crippen LogP contribution in [0.4, 0.5) is 4.39 Å². The van der Waals surface area contributed by atoms with Gasteiger partial charge in [-0.25, -0.2) is 14.2 Å². The second kappa shape index (κ2) is 6.63. The molecular weight excluding hydrogens is 413 g/mol. The Kier molecular flexibility index (Phi) is 4.03. The summed E-state index contributed by atoms with van der Waals surface area (Å²) < 4.78 is 22.1. The van der Waals surface area contributed by atoms with Gasteiger partial charge in [0.2, 0.25) is 0 Å². The van der Waals surface area contributed by atoms with Gasteiger partial charge in [0.1, 0.15) is 11.9 Å². The molecule has 166 valence electrons. The van der Waals surface area contributed by atoms with E-state index in [-0.39, 0.29) is 29.5 Å². The highest BCUT2D eigenvalue weighted by molar-refractivity contribution is 5.93. The van der Waals surface area contributed by atoms with E-state index in [0.29, 0.717) is 30.9 Å². The number of pyridine rings is 1. The van der Waals surface area contributed by atoms with E-state index in [1.54, 1.807) is 29.2 Å². The number of rotatable bonds is 4. The molecule has 5 heterocycles. The minimum Gasteiger partial charge on any atom is -0.364 e. The largest absolute Gasteiger partial charge is 0.364 e. The number of fused-ring (bicyclic) bond motifs is 3. The van der Waals surface area contributed by atoms with Gasteiger partial charge in [-0.2, -0.15) is 0 Å². The second-order valence-electron chi connectivity index (χ2n) is 9.48. The van der Waals surface area contributed by atoms with Crippen molar-refractivity contribution in [3.63, 3.8) is 0 Å². The van der Waals surface area contributed by atoms with Crippen LogP contribution in [0.5, 0.6) is 0 Å². The van der Waals surface area contributed by atoms with Crippen molar-refractivity contribution in [1.82, 2.24) is 24.2 Å². The van der Waals surface area contributed by atoms with Crippen LogP contribution >= 0.6 is 0 Å². The van der Waals surface area contributed by atoms with Crippen LogP contribution in [-0.4, -0.2) is 48.3 Å². The second-order valence-corrected chi connectivity index (χ2v) is 9.48. The number of alkyl halides is 1. The number of piperidine rings is 1. The van der Waals surface area contributed by atoms with Gasteiger partial charge in [0.05, 0.1) is 17.3 Å². The van der Waals surface area contributed by atoms with Gasteiger partial charge in [0, 0.05) is 38.0 Å². The zero-order valence-electron chi connectivity index (χ0n) is 18.0. The molecule has 2 aliphatic heterocycles. The highest BCUT2D eigenvalue weighted by Crippen LogP contribution is 2.48. The molecule has 3 aromatic rings. The third kappa shape index (κ3) is 2.87. The zero-order valence-corrected chi connectivity index (χ0v) is 18.0. The summed E-state index contributed by atoms with van der Waals surface area (Å²) in [7, 11) is 1.71. The van der Waals surface area contributed by atoms with Gasteiger partial charge in [0.15, 0.2) is 11.3 Å². The monoisotopic (exact) mass is 437 g/mol. The van der Waals surface area contributed by atoms with E-state index in [2.05, 4.69) is 11.2 Å². The molecule has 1 saturated heterocycles. The minimum atomic E-state index is -1.18. The third-order valence-corrected chi connectivity index (χ3v) is 7.37. The van der Waals surface area contributed by atoms with Gasteiger partial charge in [-0.05, 0) is 43.9 Å². The van der Waals surface area contributed by atoms with E-state index in [1.807, 2.05) is 17.0 Å². The normalized spacial score (nSPS) is 28.9. The van der Waals surface area contributed by atoms with Gasteiger partial charge >= 0.3 is 5.69 Å². The molecular formula is C23H24FN5O3. The topological polar surface area (TPSA) is 86.2 Å². The van der Waals surface area contributed by atoms with Crippen LogP contribution in [0.2, 0.25) is 0 Å². The SMILES string of the molecule is Cn1c(=O)n(CC2CC2(C)F)c2ccc(C3=CC4CCC3CN4C(=O)c3ccon3)nc21. The number of aromatic nitrogens is 4. The maximum Gasteiger partial charge on any atom is 0.330 e. The Hall–Kier alpha value is -3.23. The van der Waals surface area contributed by atoms with Crippen molar-refractivity contribution in [3.05, 3.63) is 52.4 Å². The van der Waals surface area contributed by atoms with Crippen LogP contribution in [0.15, 0.2) is 39.9 Å². The maximum atomic E-state index is 14.1. The maximum absolute atomic E-state index is 14.1. The molecule has 4 unspecified atom stereocenters. The van der Waals surface area contributed by atoms with Gasteiger partial charge < -0.3 is 9.42 Å². The number of carbonyl (C=O) groups is 1. The molecule has 2 aliphatic carbocycles. The summed E-state index contributed by atoms with van der Waals surface area (Å²) in [5, 5.41) is 3.78. The summed E-state index contributed by atoms with van der Waals surface area (Å²) in [5.41, 5.74) is 2.25. The van der Waals surface area contributed by atoms with E-state index in [0.717, 1.165) is 29.6 Å². The zero-order chi connectivity index (χ0) is 22.2. The summed E-state index contributed by atoms with van der Waals surface area (Å²) >= 11 is 0. The van der Waals surface area contributed by atoms with Crippen molar-refractivity contribution in [3.8, 4) is 0 Å². The Bertz CT molecular complexity index is 1320. The molecule has 1 amide bonds. The third-order valence-electron chi connectivity index (χ3n) is 7.37. The summed E-state index contributed by atoms with van der Waals surface area (Å²) in [4.78, 5) is 32.3. The molecule has 2 fully saturated rings. The number of hydrogen-bond acceptors (Lipinski definition) is 5. The van der Waals surface area contributed by atoms with Gasteiger partial charge in [0.25, 0.3) is 5.91 Å².